The minimum Gasteiger partial charge on any atom is -0.370 e. The maximum absolute atomic E-state index is 5.81. The molecule has 0 radical (unpaired) electrons. The number of nitrogens with zero attached hydrogens (tertiary/aromatic N) is 2. The summed E-state index contributed by atoms with van der Waals surface area (Å²) < 4.78 is 0. The van der Waals surface area contributed by atoms with E-state index in [1.54, 1.807) is 0 Å². The van der Waals surface area contributed by atoms with Crippen LogP contribution in [-0.2, 0) is 0 Å². The smallest absolute Gasteiger partial charge is 0.191 e. The van der Waals surface area contributed by atoms with Crippen LogP contribution < -0.4 is 5.73 Å². The summed E-state index contributed by atoms with van der Waals surface area (Å²) in [7, 11) is 2.01. The van der Waals surface area contributed by atoms with Gasteiger partial charge >= 0.3 is 0 Å². The zero-order valence-electron chi connectivity index (χ0n) is 10.1. The third-order valence-electron chi connectivity index (χ3n) is 3.23. The van der Waals surface area contributed by atoms with Gasteiger partial charge in [0.2, 0.25) is 0 Å². The Hall–Kier alpha value is -1.51. The second-order valence-electron chi connectivity index (χ2n) is 4.61. The number of hydrogen-bond donors (Lipinski definition) is 1. The third kappa shape index (κ3) is 1.77. The highest BCUT2D eigenvalue weighted by Crippen LogP contribution is 2.30. The van der Waals surface area contributed by atoms with E-state index in [4.69, 9.17) is 5.73 Å². The van der Waals surface area contributed by atoms with E-state index in [2.05, 4.69) is 48.0 Å². The quantitative estimate of drug-likeness (QED) is 0.824. The number of aliphatic imine (C=N–C) groups is 1. The molecule has 0 aromatic heterocycles. The molecule has 0 aliphatic carbocycles. The van der Waals surface area contributed by atoms with Crippen LogP contribution in [0.2, 0.25) is 0 Å². The molecule has 1 aliphatic rings. The highest BCUT2D eigenvalue weighted by Gasteiger charge is 2.26. The normalized spacial score (nSPS) is 20.4. The largest absolute Gasteiger partial charge is 0.370 e. The van der Waals surface area contributed by atoms with Gasteiger partial charge in [-0.3, -0.25) is 4.99 Å². The number of guanidine groups is 1. The first-order chi connectivity index (χ1) is 7.61. The number of hydrogen-bond acceptors (Lipinski definition) is 3. The predicted octanol–water partition coefficient (Wildman–Crippen LogP) is 2.11. The summed E-state index contributed by atoms with van der Waals surface area (Å²) in [5.74, 6) is 1.18. The van der Waals surface area contributed by atoms with Gasteiger partial charge in [-0.1, -0.05) is 38.1 Å². The standard InChI is InChI=1S/C13H19N3/c1-9(2)10-6-4-5-7-11(10)12-8-15-13(14)16(12)3/h4-7,9,12H,8H2,1-3H3,(H2,14,15). The van der Waals surface area contributed by atoms with E-state index < -0.39 is 0 Å². The van der Waals surface area contributed by atoms with Crippen LogP contribution in [-0.4, -0.2) is 24.5 Å². The van der Waals surface area contributed by atoms with Crippen LogP contribution in [0, 0.1) is 0 Å². The monoisotopic (exact) mass is 217 g/mol. The van der Waals surface area contributed by atoms with Gasteiger partial charge < -0.3 is 10.6 Å². The van der Waals surface area contributed by atoms with Crippen LogP contribution in [0.1, 0.15) is 36.9 Å². The maximum Gasteiger partial charge on any atom is 0.191 e. The average molecular weight is 217 g/mol. The van der Waals surface area contributed by atoms with Gasteiger partial charge in [0.15, 0.2) is 5.96 Å². The molecule has 86 valence electrons. The van der Waals surface area contributed by atoms with E-state index in [9.17, 15) is 0 Å². The average Bonchev–Trinajstić information content (AvgIpc) is 2.60. The van der Waals surface area contributed by atoms with Gasteiger partial charge in [-0.05, 0) is 17.0 Å². The lowest BCUT2D eigenvalue weighted by molar-refractivity contribution is 0.410. The van der Waals surface area contributed by atoms with Crippen LogP contribution in [0.3, 0.4) is 0 Å². The van der Waals surface area contributed by atoms with E-state index in [0.717, 1.165) is 6.54 Å². The molecule has 3 heteroatoms. The summed E-state index contributed by atoms with van der Waals surface area (Å²) in [5, 5.41) is 0. The lowest BCUT2D eigenvalue weighted by atomic mass is 9.92. The van der Waals surface area contributed by atoms with Crippen molar-refractivity contribution < 1.29 is 0 Å². The Labute approximate surface area is 97.0 Å². The highest BCUT2D eigenvalue weighted by molar-refractivity contribution is 5.80. The summed E-state index contributed by atoms with van der Waals surface area (Å²) in [6.07, 6.45) is 0. The first-order valence-electron chi connectivity index (χ1n) is 5.73. The molecule has 0 amide bonds. The van der Waals surface area contributed by atoms with Crippen LogP contribution >= 0.6 is 0 Å². The molecule has 0 bridgehead atoms. The van der Waals surface area contributed by atoms with Crippen molar-refractivity contribution in [2.45, 2.75) is 25.8 Å². The minimum absolute atomic E-state index is 0.304. The Bertz CT molecular complexity index is 409. The van der Waals surface area contributed by atoms with Gasteiger partial charge in [0.1, 0.15) is 0 Å². The molecule has 1 aromatic rings. The first kappa shape index (κ1) is 11.0. The van der Waals surface area contributed by atoms with Gasteiger partial charge in [0.05, 0.1) is 12.6 Å². The SMILES string of the molecule is CC(C)c1ccccc1C1CN=C(N)N1C. The van der Waals surface area contributed by atoms with Crippen LogP contribution in [0.5, 0.6) is 0 Å². The molecule has 1 atom stereocenters. The zero-order valence-corrected chi connectivity index (χ0v) is 10.1. The van der Waals surface area contributed by atoms with Gasteiger partial charge in [-0.25, -0.2) is 0 Å². The summed E-state index contributed by atoms with van der Waals surface area (Å²) >= 11 is 0. The zero-order chi connectivity index (χ0) is 11.7. The van der Waals surface area contributed by atoms with Crippen molar-refractivity contribution in [2.24, 2.45) is 10.7 Å². The fraction of sp³-hybridized carbons (Fsp3) is 0.462. The third-order valence-corrected chi connectivity index (χ3v) is 3.23. The fourth-order valence-electron chi connectivity index (χ4n) is 2.22. The number of likely N-dealkylation sites (N-methyl/N-ethyl adjacent to an activating group) is 1. The maximum atomic E-state index is 5.81. The van der Waals surface area contributed by atoms with Crippen LogP contribution in [0.15, 0.2) is 29.3 Å². The number of rotatable bonds is 2. The Kier molecular flexibility index (Phi) is 2.86. The van der Waals surface area contributed by atoms with Crippen molar-refractivity contribution in [1.29, 1.82) is 0 Å². The second-order valence-corrected chi connectivity index (χ2v) is 4.61. The summed E-state index contributed by atoms with van der Waals surface area (Å²) in [6, 6.07) is 8.87. The van der Waals surface area contributed by atoms with E-state index in [1.165, 1.54) is 11.1 Å². The van der Waals surface area contributed by atoms with Crippen molar-refractivity contribution >= 4 is 5.96 Å². The Morgan fingerprint density at radius 1 is 1.38 bits per heavy atom. The molecule has 1 heterocycles. The molecule has 1 aliphatic heterocycles. The highest BCUT2D eigenvalue weighted by atomic mass is 15.3. The molecule has 0 saturated heterocycles. The van der Waals surface area contributed by atoms with Crippen molar-refractivity contribution in [2.75, 3.05) is 13.6 Å². The van der Waals surface area contributed by atoms with Gasteiger partial charge in [0, 0.05) is 7.05 Å². The summed E-state index contributed by atoms with van der Waals surface area (Å²) in [5.41, 5.74) is 8.55. The summed E-state index contributed by atoms with van der Waals surface area (Å²) in [4.78, 5) is 6.35. The van der Waals surface area contributed by atoms with Crippen molar-refractivity contribution in [3.63, 3.8) is 0 Å². The van der Waals surface area contributed by atoms with Crippen molar-refractivity contribution in [3.8, 4) is 0 Å². The topological polar surface area (TPSA) is 41.6 Å². The van der Waals surface area contributed by atoms with Gasteiger partial charge in [-0.2, -0.15) is 0 Å². The van der Waals surface area contributed by atoms with Gasteiger partial charge in [0.25, 0.3) is 0 Å². The molecular formula is C13H19N3. The minimum atomic E-state index is 0.304. The molecule has 1 unspecified atom stereocenters. The number of nitrogens with two attached hydrogens (primary N) is 1. The molecule has 0 fully saturated rings. The van der Waals surface area contributed by atoms with Crippen LogP contribution in [0.25, 0.3) is 0 Å². The van der Waals surface area contributed by atoms with E-state index in [0.29, 0.717) is 17.9 Å². The Morgan fingerprint density at radius 3 is 2.62 bits per heavy atom. The lowest BCUT2D eigenvalue weighted by Gasteiger charge is -2.25. The molecule has 16 heavy (non-hydrogen) atoms. The summed E-state index contributed by atoms with van der Waals surface area (Å²) in [6.45, 7) is 5.21. The fourth-order valence-corrected chi connectivity index (χ4v) is 2.22. The predicted molar refractivity (Wildman–Crippen MR) is 67.5 cm³/mol. The molecule has 0 saturated carbocycles. The Balaban J connectivity index is 2.35. The molecular weight excluding hydrogens is 198 g/mol. The van der Waals surface area contributed by atoms with Crippen molar-refractivity contribution in [1.82, 2.24) is 4.90 Å². The lowest BCUT2D eigenvalue weighted by Crippen LogP contribution is -2.32. The molecule has 2 rings (SSSR count). The Morgan fingerprint density at radius 2 is 2.06 bits per heavy atom. The molecule has 3 nitrogen and oxygen atoms in total. The first-order valence-corrected chi connectivity index (χ1v) is 5.73. The molecule has 0 spiro atoms. The van der Waals surface area contributed by atoms with Gasteiger partial charge in [-0.15, -0.1) is 0 Å². The van der Waals surface area contributed by atoms with Crippen LogP contribution in [0.4, 0.5) is 0 Å². The van der Waals surface area contributed by atoms with E-state index >= 15 is 0 Å². The van der Waals surface area contributed by atoms with E-state index in [-0.39, 0.29) is 0 Å². The van der Waals surface area contributed by atoms with E-state index in [1.807, 2.05) is 7.05 Å². The molecule has 1 aromatic carbocycles. The molecule has 2 N–H and O–H groups in total. The number of benzene rings is 1. The van der Waals surface area contributed by atoms with Crippen molar-refractivity contribution in [3.05, 3.63) is 35.4 Å². The second kappa shape index (κ2) is 4.16.